The van der Waals surface area contributed by atoms with Crippen molar-refractivity contribution < 1.29 is 5.11 Å². The number of hydrogen-bond acceptors (Lipinski definition) is 4. The molecule has 0 aliphatic rings. The predicted molar refractivity (Wildman–Crippen MR) is 97.0 cm³/mol. The maximum atomic E-state index is 11.8. The van der Waals surface area contributed by atoms with Crippen molar-refractivity contribution in [2.75, 3.05) is 0 Å². The third kappa shape index (κ3) is 3.05. The summed E-state index contributed by atoms with van der Waals surface area (Å²) < 4.78 is 0. The molecular weight excluding hydrogens is 316 g/mol. The Morgan fingerprint density at radius 1 is 1.00 bits per heavy atom. The second-order valence-electron chi connectivity index (χ2n) is 5.57. The smallest absolute Gasteiger partial charge is 0.260 e. The quantitative estimate of drug-likeness (QED) is 0.537. The van der Waals surface area contributed by atoms with E-state index in [1.54, 1.807) is 24.4 Å². The van der Waals surface area contributed by atoms with Crippen molar-refractivity contribution in [2.24, 2.45) is 0 Å². The van der Waals surface area contributed by atoms with Gasteiger partial charge in [0.2, 0.25) is 0 Å². The van der Waals surface area contributed by atoms with Crippen LogP contribution in [0.15, 0.2) is 59.8 Å². The maximum absolute atomic E-state index is 11.8. The molecule has 3 N–H and O–H groups in total. The zero-order valence-electron chi connectivity index (χ0n) is 13.1. The highest BCUT2D eigenvalue weighted by molar-refractivity contribution is 5.82. The van der Waals surface area contributed by atoms with Gasteiger partial charge in [-0.15, -0.1) is 0 Å². The second kappa shape index (κ2) is 6.09. The van der Waals surface area contributed by atoms with E-state index in [-0.39, 0.29) is 11.3 Å². The Kier molecular flexibility index (Phi) is 3.63. The molecule has 0 spiro atoms. The number of rotatable bonds is 3. The highest BCUT2D eigenvalue weighted by Gasteiger charge is 2.07. The largest absolute Gasteiger partial charge is 0.508 e. The summed E-state index contributed by atoms with van der Waals surface area (Å²) in [5.41, 5.74) is 3.85. The summed E-state index contributed by atoms with van der Waals surface area (Å²) in [6.45, 7) is 0. The first-order valence-corrected chi connectivity index (χ1v) is 7.69. The Labute approximate surface area is 142 Å². The lowest BCUT2D eigenvalue weighted by molar-refractivity contribution is 0.475. The van der Waals surface area contributed by atoms with Gasteiger partial charge < -0.3 is 15.1 Å². The van der Waals surface area contributed by atoms with Gasteiger partial charge in [-0.1, -0.05) is 18.2 Å². The van der Waals surface area contributed by atoms with E-state index in [1.807, 2.05) is 36.4 Å². The van der Waals surface area contributed by atoms with Crippen LogP contribution in [0.5, 0.6) is 5.75 Å². The summed E-state index contributed by atoms with van der Waals surface area (Å²) in [5, 5.41) is 9.84. The molecule has 25 heavy (non-hydrogen) atoms. The molecule has 6 heteroatoms. The van der Waals surface area contributed by atoms with Crippen molar-refractivity contribution in [3.8, 4) is 17.0 Å². The fourth-order valence-corrected chi connectivity index (χ4v) is 2.58. The average molecular weight is 330 g/mol. The summed E-state index contributed by atoms with van der Waals surface area (Å²) in [5.74, 6) is 0.236. The van der Waals surface area contributed by atoms with Gasteiger partial charge in [-0.3, -0.25) is 9.78 Å². The summed E-state index contributed by atoms with van der Waals surface area (Å²) in [6.07, 6.45) is 6.91. The summed E-state index contributed by atoms with van der Waals surface area (Å²) in [7, 11) is 0. The summed E-state index contributed by atoms with van der Waals surface area (Å²) in [6, 6.07) is 12.5. The van der Waals surface area contributed by atoms with Crippen LogP contribution in [0.4, 0.5) is 0 Å². The van der Waals surface area contributed by atoms with Gasteiger partial charge in [0.1, 0.15) is 11.4 Å². The average Bonchev–Trinajstić information content (AvgIpc) is 3.07. The second-order valence-corrected chi connectivity index (χ2v) is 5.57. The van der Waals surface area contributed by atoms with E-state index in [4.69, 9.17) is 0 Å². The molecule has 0 bridgehead atoms. The predicted octanol–water partition coefficient (Wildman–Crippen LogP) is 3.19. The third-order valence-corrected chi connectivity index (χ3v) is 3.86. The molecule has 0 unspecified atom stereocenters. The van der Waals surface area contributed by atoms with Gasteiger partial charge in [0.25, 0.3) is 5.56 Å². The topological polar surface area (TPSA) is 94.7 Å². The van der Waals surface area contributed by atoms with Crippen LogP contribution in [-0.2, 0) is 0 Å². The molecule has 0 saturated carbocycles. The number of nitrogens with zero attached hydrogens (tertiary/aromatic N) is 2. The van der Waals surface area contributed by atoms with E-state index in [2.05, 4.69) is 19.9 Å². The molecule has 0 fully saturated rings. The van der Waals surface area contributed by atoms with Crippen LogP contribution in [0.1, 0.15) is 11.3 Å². The van der Waals surface area contributed by atoms with Crippen molar-refractivity contribution in [2.45, 2.75) is 0 Å². The van der Waals surface area contributed by atoms with Crippen LogP contribution in [0.25, 0.3) is 34.4 Å². The molecule has 0 radical (unpaired) electrons. The molecule has 0 amide bonds. The van der Waals surface area contributed by atoms with Crippen LogP contribution in [0.2, 0.25) is 0 Å². The lowest BCUT2D eigenvalue weighted by Gasteiger charge is -1.99. The summed E-state index contributed by atoms with van der Waals surface area (Å²) in [4.78, 5) is 26.0. The standard InChI is InChI=1S/C19H14N4O2/c24-15-5-2-12(3-6-15)1-4-14-9-13(7-8-20-14)17-10-16-18(23-17)21-11-22-19(16)25/h1-11,24H,(H2,21,22,23,25). The SMILES string of the molecule is O=c1[nH]cnc2[nH]c(-c3ccnc(C=Cc4ccc(O)cc4)c3)cc12. The highest BCUT2D eigenvalue weighted by atomic mass is 16.3. The molecular formula is C19H14N4O2. The van der Waals surface area contributed by atoms with Crippen molar-refractivity contribution in [1.29, 1.82) is 0 Å². The minimum Gasteiger partial charge on any atom is -0.508 e. The number of fused-ring (bicyclic) bond motifs is 1. The van der Waals surface area contributed by atoms with E-state index in [0.717, 1.165) is 22.5 Å². The van der Waals surface area contributed by atoms with Gasteiger partial charge in [-0.05, 0) is 42.0 Å². The van der Waals surface area contributed by atoms with Crippen LogP contribution >= 0.6 is 0 Å². The fraction of sp³-hybridized carbons (Fsp3) is 0. The van der Waals surface area contributed by atoms with Crippen molar-refractivity contribution in [1.82, 2.24) is 19.9 Å². The molecule has 1 aromatic carbocycles. The molecule has 0 saturated heterocycles. The Bertz CT molecular complexity index is 1120. The summed E-state index contributed by atoms with van der Waals surface area (Å²) >= 11 is 0. The lowest BCUT2D eigenvalue weighted by atomic mass is 10.1. The molecule has 0 aliphatic carbocycles. The number of aromatic hydroxyl groups is 1. The van der Waals surface area contributed by atoms with Gasteiger partial charge in [-0.2, -0.15) is 0 Å². The highest BCUT2D eigenvalue weighted by Crippen LogP contribution is 2.22. The number of nitrogens with one attached hydrogen (secondary N) is 2. The van der Waals surface area contributed by atoms with Crippen molar-refractivity contribution in [3.63, 3.8) is 0 Å². The molecule has 3 aromatic heterocycles. The maximum Gasteiger partial charge on any atom is 0.260 e. The lowest BCUT2D eigenvalue weighted by Crippen LogP contribution is -2.04. The van der Waals surface area contributed by atoms with Crippen LogP contribution in [0.3, 0.4) is 0 Å². The number of phenols is 1. The number of benzene rings is 1. The Morgan fingerprint density at radius 2 is 1.84 bits per heavy atom. The first-order valence-electron chi connectivity index (χ1n) is 7.69. The van der Waals surface area contributed by atoms with E-state index in [0.29, 0.717) is 11.0 Å². The number of aromatic amines is 2. The van der Waals surface area contributed by atoms with Gasteiger partial charge in [-0.25, -0.2) is 4.98 Å². The molecule has 0 atom stereocenters. The van der Waals surface area contributed by atoms with E-state index in [1.165, 1.54) is 6.33 Å². The number of H-pyrrole nitrogens is 2. The fourth-order valence-electron chi connectivity index (χ4n) is 2.58. The first-order chi connectivity index (χ1) is 12.2. The Hall–Kier alpha value is -3.67. The van der Waals surface area contributed by atoms with Crippen molar-refractivity contribution >= 4 is 23.2 Å². The number of hydrogen-bond donors (Lipinski definition) is 3. The van der Waals surface area contributed by atoms with Crippen LogP contribution in [0, 0.1) is 0 Å². The molecule has 6 nitrogen and oxygen atoms in total. The zero-order valence-corrected chi connectivity index (χ0v) is 13.1. The first kappa shape index (κ1) is 14.9. The number of pyridine rings is 1. The van der Waals surface area contributed by atoms with Gasteiger partial charge in [0.15, 0.2) is 0 Å². The monoisotopic (exact) mass is 330 g/mol. The number of phenolic OH excluding ortho intramolecular Hbond substituents is 1. The minimum absolute atomic E-state index is 0.172. The zero-order chi connectivity index (χ0) is 17.2. The molecule has 3 heterocycles. The van der Waals surface area contributed by atoms with Crippen molar-refractivity contribution in [3.05, 3.63) is 76.6 Å². The molecule has 4 rings (SSSR count). The van der Waals surface area contributed by atoms with E-state index in [9.17, 15) is 9.90 Å². The van der Waals surface area contributed by atoms with Crippen LogP contribution in [-0.4, -0.2) is 25.0 Å². The van der Waals surface area contributed by atoms with Gasteiger partial charge >= 0.3 is 0 Å². The Balaban J connectivity index is 1.67. The molecule has 4 aromatic rings. The molecule has 122 valence electrons. The Morgan fingerprint density at radius 3 is 2.64 bits per heavy atom. The van der Waals surface area contributed by atoms with E-state index < -0.39 is 0 Å². The minimum atomic E-state index is -0.172. The molecule has 0 aliphatic heterocycles. The van der Waals surface area contributed by atoms with Crippen LogP contribution < -0.4 is 5.56 Å². The third-order valence-electron chi connectivity index (χ3n) is 3.86. The van der Waals surface area contributed by atoms with E-state index >= 15 is 0 Å². The van der Waals surface area contributed by atoms with Gasteiger partial charge in [0.05, 0.1) is 17.4 Å². The normalized spacial score (nSPS) is 11.4. The number of aromatic nitrogens is 4. The van der Waals surface area contributed by atoms with Gasteiger partial charge in [0, 0.05) is 17.5 Å².